The topological polar surface area (TPSA) is 76.0 Å². The van der Waals surface area contributed by atoms with E-state index in [-0.39, 0.29) is 18.4 Å². The molecule has 0 bridgehead atoms. The summed E-state index contributed by atoms with van der Waals surface area (Å²) < 4.78 is 1.59. The molecule has 1 aromatic heterocycles. The van der Waals surface area contributed by atoms with Crippen LogP contribution in [0.25, 0.3) is 0 Å². The number of hydrazine groups is 1. The van der Waals surface area contributed by atoms with E-state index in [4.69, 9.17) is 0 Å². The molecule has 0 aliphatic rings. The van der Waals surface area contributed by atoms with Gasteiger partial charge in [0.25, 0.3) is 5.91 Å². The molecular formula is C10H16N4O2. The van der Waals surface area contributed by atoms with Crippen LogP contribution in [0.3, 0.4) is 0 Å². The minimum Gasteiger partial charge on any atom is -0.273 e. The van der Waals surface area contributed by atoms with E-state index < -0.39 is 0 Å². The van der Waals surface area contributed by atoms with Crippen LogP contribution >= 0.6 is 0 Å². The lowest BCUT2D eigenvalue weighted by Crippen LogP contribution is -2.43. The van der Waals surface area contributed by atoms with Crippen LogP contribution in [0.1, 0.15) is 24.7 Å². The number of hydrogen-bond acceptors (Lipinski definition) is 3. The van der Waals surface area contributed by atoms with Crippen molar-refractivity contribution in [3.05, 3.63) is 17.5 Å². The summed E-state index contributed by atoms with van der Waals surface area (Å²) in [4.78, 5) is 22.3. The Kier molecular flexibility index (Phi) is 4.04. The first-order valence-electron chi connectivity index (χ1n) is 5.11. The maximum Gasteiger partial charge on any atom is 0.260 e. The molecule has 0 aliphatic carbocycles. The molecule has 88 valence electrons. The van der Waals surface area contributed by atoms with Crippen molar-refractivity contribution in [1.82, 2.24) is 20.6 Å². The molecule has 0 aromatic carbocycles. The van der Waals surface area contributed by atoms with Gasteiger partial charge in [-0.05, 0) is 19.9 Å². The lowest BCUT2D eigenvalue weighted by atomic mass is 10.4. The molecule has 0 saturated heterocycles. The average molecular weight is 224 g/mol. The summed E-state index contributed by atoms with van der Waals surface area (Å²) >= 11 is 0. The zero-order valence-electron chi connectivity index (χ0n) is 9.70. The Labute approximate surface area is 94.0 Å². The molecule has 6 nitrogen and oxygen atoms in total. The molecule has 1 rings (SSSR count). The van der Waals surface area contributed by atoms with E-state index in [1.807, 2.05) is 19.9 Å². The van der Waals surface area contributed by atoms with Gasteiger partial charge in [-0.1, -0.05) is 6.92 Å². The van der Waals surface area contributed by atoms with Gasteiger partial charge in [-0.2, -0.15) is 5.10 Å². The molecule has 1 aromatic rings. The van der Waals surface area contributed by atoms with E-state index in [0.717, 1.165) is 11.4 Å². The second-order valence-corrected chi connectivity index (χ2v) is 3.53. The van der Waals surface area contributed by atoms with Crippen LogP contribution in [0.15, 0.2) is 6.07 Å². The van der Waals surface area contributed by atoms with Crippen molar-refractivity contribution in [2.45, 2.75) is 33.7 Å². The summed E-state index contributed by atoms with van der Waals surface area (Å²) in [7, 11) is 0. The van der Waals surface area contributed by atoms with Crippen LogP contribution in [-0.2, 0) is 16.1 Å². The number of nitrogens with zero attached hydrogens (tertiary/aromatic N) is 2. The molecule has 2 N–H and O–H groups in total. The summed E-state index contributed by atoms with van der Waals surface area (Å²) in [6, 6.07) is 1.89. The molecule has 6 heteroatoms. The van der Waals surface area contributed by atoms with Gasteiger partial charge in [0.05, 0.1) is 5.69 Å². The minimum atomic E-state index is -0.298. The second-order valence-electron chi connectivity index (χ2n) is 3.53. The van der Waals surface area contributed by atoms with Crippen molar-refractivity contribution in [3.63, 3.8) is 0 Å². The molecule has 16 heavy (non-hydrogen) atoms. The summed E-state index contributed by atoms with van der Waals surface area (Å²) in [6.45, 7) is 5.55. The second kappa shape index (κ2) is 5.29. The lowest BCUT2D eigenvalue weighted by molar-refractivity contribution is -0.129. The Balaban J connectivity index is 2.46. The number of aromatic nitrogens is 2. The summed E-state index contributed by atoms with van der Waals surface area (Å²) in [5.41, 5.74) is 6.39. The van der Waals surface area contributed by atoms with E-state index in [9.17, 15) is 9.59 Å². The number of nitrogens with one attached hydrogen (secondary N) is 2. The molecule has 0 aliphatic heterocycles. The number of rotatable bonds is 3. The highest BCUT2D eigenvalue weighted by Gasteiger charge is 2.07. The van der Waals surface area contributed by atoms with Gasteiger partial charge >= 0.3 is 0 Å². The molecule has 0 spiro atoms. The fourth-order valence-electron chi connectivity index (χ4n) is 1.24. The molecule has 2 amide bonds. The van der Waals surface area contributed by atoms with Gasteiger partial charge in [0.1, 0.15) is 6.54 Å². The van der Waals surface area contributed by atoms with Crippen molar-refractivity contribution < 1.29 is 9.59 Å². The van der Waals surface area contributed by atoms with Crippen LogP contribution in [0.5, 0.6) is 0 Å². The summed E-state index contributed by atoms with van der Waals surface area (Å²) in [6.07, 6.45) is 0.334. The van der Waals surface area contributed by atoms with Crippen LogP contribution in [0.2, 0.25) is 0 Å². The third-order valence-corrected chi connectivity index (χ3v) is 2.06. The Morgan fingerprint density at radius 1 is 1.31 bits per heavy atom. The number of carbonyl (C=O) groups excluding carboxylic acids is 2. The fraction of sp³-hybridized carbons (Fsp3) is 0.500. The third kappa shape index (κ3) is 3.38. The SMILES string of the molecule is CCC(=O)NNC(=O)Cn1nc(C)cc1C. The third-order valence-electron chi connectivity index (χ3n) is 2.06. The molecule has 1 heterocycles. The molecule has 0 saturated carbocycles. The van der Waals surface area contributed by atoms with E-state index in [2.05, 4.69) is 16.0 Å². The van der Waals surface area contributed by atoms with Crippen LogP contribution in [0.4, 0.5) is 0 Å². The van der Waals surface area contributed by atoms with Crippen molar-refractivity contribution in [2.24, 2.45) is 0 Å². The summed E-state index contributed by atoms with van der Waals surface area (Å²) in [5.74, 6) is -0.519. The van der Waals surface area contributed by atoms with Gasteiger partial charge in [0.2, 0.25) is 5.91 Å². The first kappa shape index (κ1) is 12.2. The van der Waals surface area contributed by atoms with E-state index in [1.54, 1.807) is 11.6 Å². The van der Waals surface area contributed by atoms with Crippen LogP contribution in [-0.4, -0.2) is 21.6 Å². The van der Waals surface area contributed by atoms with Gasteiger partial charge in [-0.3, -0.25) is 25.1 Å². The highest BCUT2D eigenvalue weighted by Crippen LogP contribution is 2.00. The smallest absolute Gasteiger partial charge is 0.260 e. The number of aryl methyl sites for hydroxylation is 2. The molecule has 0 unspecified atom stereocenters. The molecule has 0 radical (unpaired) electrons. The van der Waals surface area contributed by atoms with Crippen molar-refractivity contribution in [2.75, 3.05) is 0 Å². The van der Waals surface area contributed by atoms with E-state index in [1.165, 1.54) is 0 Å². The van der Waals surface area contributed by atoms with Gasteiger partial charge in [-0.25, -0.2) is 0 Å². The Hall–Kier alpha value is -1.85. The lowest BCUT2D eigenvalue weighted by Gasteiger charge is -2.07. The van der Waals surface area contributed by atoms with Crippen molar-refractivity contribution in [3.8, 4) is 0 Å². The van der Waals surface area contributed by atoms with Crippen LogP contribution in [0, 0.1) is 13.8 Å². The highest BCUT2D eigenvalue weighted by atomic mass is 16.2. The molecular weight excluding hydrogens is 208 g/mol. The highest BCUT2D eigenvalue weighted by molar-refractivity contribution is 5.81. The monoisotopic (exact) mass is 224 g/mol. The first-order chi connectivity index (χ1) is 7.52. The average Bonchev–Trinajstić information content (AvgIpc) is 2.54. The largest absolute Gasteiger partial charge is 0.273 e. The maximum atomic E-state index is 11.4. The quantitative estimate of drug-likeness (QED) is 0.713. The number of amides is 2. The minimum absolute atomic E-state index is 0.101. The van der Waals surface area contributed by atoms with Gasteiger partial charge in [0.15, 0.2) is 0 Å². The van der Waals surface area contributed by atoms with Crippen LogP contribution < -0.4 is 10.9 Å². The number of hydrogen-bond donors (Lipinski definition) is 2. The van der Waals surface area contributed by atoms with E-state index >= 15 is 0 Å². The summed E-state index contributed by atoms with van der Waals surface area (Å²) in [5, 5.41) is 4.14. The molecule has 0 atom stereocenters. The normalized spacial score (nSPS) is 9.94. The Morgan fingerprint density at radius 2 is 1.94 bits per heavy atom. The fourth-order valence-corrected chi connectivity index (χ4v) is 1.24. The van der Waals surface area contributed by atoms with Gasteiger partial charge in [-0.15, -0.1) is 0 Å². The zero-order valence-corrected chi connectivity index (χ0v) is 9.70. The Bertz CT molecular complexity index is 398. The van der Waals surface area contributed by atoms with Crippen molar-refractivity contribution >= 4 is 11.8 Å². The first-order valence-corrected chi connectivity index (χ1v) is 5.11. The maximum absolute atomic E-state index is 11.4. The van der Waals surface area contributed by atoms with E-state index in [0.29, 0.717) is 6.42 Å². The number of carbonyl (C=O) groups is 2. The van der Waals surface area contributed by atoms with Gasteiger partial charge < -0.3 is 0 Å². The standard InChI is InChI=1S/C10H16N4O2/c1-4-9(15)11-12-10(16)6-14-8(3)5-7(2)13-14/h5H,4,6H2,1-3H3,(H,11,15)(H,12,16). The van der Waals surface area contributed by atoms with Gasteiger partial charge in [0, 0.05) is 12.1 Å². The predicted octanol–water partition coefficient (Wildman–Crippen LogP) is 0.0573. The predicted molar refractivity (Wildman–Crippen MR) is 58.3 cm³/mol. The zero-order chi connectivity index (χ0) is 12.1. The molecule has 0 fully saturated rings. The van der Waals surface area contributed by atoms with Crippen molar-refractivity contribution in [1.29, 1.82) is 0 Å². The Morgan fingerprint density at radius 3 is 2.44 bits per heavy atom.